The molecule has 1 amide bonds. The molecule has 2 rings (SSSR count). The number of hydrogen-bond donors (Lipinski definition) is 0. The Bertz CT molecular complexity index is 477. The van der Waals surface area contributed by atoms with E-state index in [4.69, 9.17) is 4.74 Å². The van der Waals surface area contributed by atoms with Crippen LogP contribution in [0.25, 0.3) is 0 Å². The van der Waals surface area contributed by atoms with Crippen LogP contribution in [-0.4, -0.2) is 35.8 Å². The van der Waals surface area contributed by atoms with Gasteiger partial charge in [0.25, 0.3) is 5.91 Å². The standard InChI is InChI=1S/C15H19BrFNO2/c1-20-12-6-7-13(14(17)10-12)15(19)18(9-3-8-16)11-4-2-5-11/h6-7,10-11H,2-5,8-9H2,1H3. The minimum Gasteiger partial charge on any atom is -0.497 e. The van der Waals surface area contributed by atoms with Crippen LogP contribution < -0.4 is 4.74 Å². The van der Waals surface area contributed by atoms with Crippen molar-refractivity contribution in [3.05, 3.63) is 29.6 Å². The zero-order chi connectivity index (χ0) is 14.5. The molecule has 1 saturated carbocycles. The van der Waals surface area contributed by atoms with Crippen LogP contribution >= 0.6 is 15.9 Å². The van der Waals surface area contributed by atoms with Crippen LogP contribution in [0.3, 0.4) is 0 Å². The molecule has 0 atom stereocenters. The molecule has 1 aromatic rings. The van der Waals surface area contributed by atoms with Crippen LogP contribution in [0.4, 0.5) is 4.39 Å². The summed E-state index contributed by atoms with van der Waals surface area (Å²) in [4.78, 5) is 14.4. The zero-order valence-corrected chi connectivity index (χ0v) is 13.2. The van der Waals surface area contributed by atoms with Gasteiger partial charge in [-0.05, 0) is 37.8 Å². The second-order valence-electron chi connectivity index (χ2n) is 4.97. The van der Waals surface area contributed by atoms with E-state index in [9.17, 15) is 9.18 Å². The van der Waals surface area contributed by atoms with Crippen molar-refractivity contribution in [3.63, 3.8) is 0 Å². The Morgan fingerprint density at radius 1 is 1.50 bits per heavy atom. The molecule has 0 spiro atoms. The molecular weight excluding hydrogens is 325 g/mol. The van der Waals surface area contributed by atoms with Crippen LogP contribution in [0.2, 0.25) is 0 Å². The number of hydrogen-bond acceptors (Lipinski definition) is 2. The first-order valence-electron chi connectivity index (χ1n) is 6.88. The minimum atomic E-state index is -0.516. The van der Waals surface area contributed by atoms with E-state index in [1.54, 1.807) is 6.07 Å². The van der Waals surface area contributed by atoms with E-state index in [1.165, 1.54) is 19.2 Å². The molecule has 0 heterocycles. The fourth-order valence-electron chi connectivity index (χ4n) is 2.33. The summed E-state index contributed by atoms with van der Waals surface area (Å²) in [6.07, 6.45) is 4.06. The molecule has 0 aliphatic heterocycles. The SMILES string of the molecule is COc1ccc(C(=O)N(CCCBr)C2CCC2)c(F)c1. The number of carbonyl (C=O) groups is 1. The van der Waals surface area contributed by atoms with Gasteiger partial charge in [-0.15, -0.1) is 0 Å². The van der Waals surface area contributed by atoms with E-state index in [0.717, 1.165) is 31.0 Å². The highest BCUT2D eigenvalue weighted by atomic mass is 79.9. The van der Waals surface area contributed by atoms with Gasteiger partial charge in [0.05, 0.1) is 12.7 Å². The first kappa shape index (κ1) is 15.3. The van der Waals surface area contributed by atoms with Gasteiger partial charge in [-0.25, -0.2) is 4.39 Å². The Morgan fingerprint density at radius 3 is 2.75 bits per heavy atom. The predicted octanol–water partition coefficient (Wildman–Crippen LogP) is 3.61. The van der Waals surface area contributed by atoms with Gasteiger partial charge in [0.2, 0.25) is 0 Å². The van der Waals surface area contributed by atoms with Crippen LogP contribution in [0.1, 0.15) is 36.0 Å². The van der Waals surface area contributed by atoms with Crippen molar-refractivity contribution in [2.24, 2.45) is 0 Å². The molecule has 20 heavy (non-hydrogen) atoms. The number of alkyl halides is 1. The summed E-state index contributed by atoms with van der Waals surface area (Å²) in [5.41, 5.74) is 0.132. The van der Waals surface area contributed by atoms with Gasteiger partial charge in [-0.2, -0.15) is 0 Å². The van der Waals surface area contributed by atoms with E-state index in [0.29, 0.717) is 12.3 Å². The number of rotatable bonds is 6. The second-order valence-corrected chi connectivity index (χ2v) is 5.76. The number of nitrogens with zero attached hydrogens (tertiary/aromatic N) is 1. The van der Waals surface area contributed by atoms with Crippen molar-refractivity contribution >= 4 is 21.8 Å². The maximum atomic E-state index is 14.0. The van der Waals surface area contributed by atoms with Crippen molar-refractivity contribution < 1.29 is 13.9 Å². The molecule has 0 saturated heterocycles. The minimum absolute atomic E-state index is 0.132. The Labute approximate surface area is 127 Å². The van der Waals surface area contributed by atoms with Crippen molar-refractivity contribution in [1.82, 2.24) is 4.90 Å². The number of methoxy groups -OCH3 is 1. The lowest BCUT2D eigenvalue weighted by atomic mass is 9.90. The lowest BCUT2D eigenvalue weighted by molar-refractivity contribution is 0.0576. The number of ether oxygens (including phenoxy) is 1. The van der Waals surface area contributed by atoms with Crippen LogP contribution in [0.5, 0.6) is 5.75 Å². The summed E-state index contributed by atoms with van der Waals surface area (Å²) >= 11 is 3.38. The van der Waals surface area contributed by atoms with Crippen LogP contribution in [0, 0.1) is 5.82 Å². The molecule has 1 aliphatic carbocycles. The number of carbonyl (C=O) groups excluding carboxylic acids is 1. The molecule has 0 bridgehead atoms. The smallest absolute Gasteiger partial charge is 0.257 e. The van der Waals surface area contributed by atoms with Gasteiger partial charge < -0.3 is 9.64 Å². The predicted molar refractivity (Wildman–Crippen MR) is 80.0 cm³/mol. The van der Waals surface area contributed by atoms with Crippen molar-refractivity contribution in [1.29, 1.82) is 0 Å². The average molecular weight is 344 g/mol. The molecular formula is C15H19BrFNO2. The average Bonchev–Trinajstić information content (AvgIpc) is 2.40. The third kappa shape index (κ3) is 3.32. The van der Waals surface area contributed by atoms with Gasteiger partial charge in [0.1, 0.15) is 11.6 Å². The molecule has 0 N–H and O–H groups in total. The monoisotopic (exact) mass is 343 g/mol. The van der Waals surface area contributed by atoms with Gasteiger partial charge in [0.15, 0.2) is 0 Å². The molecule has 0 radical (unpaired) electrons. The maximum Gasteiger partial charge on any atom is 0.257 e. The molecule has 1 aliphatic rings. The van der Waals surface area contributed by atoms with Crippen molar-refractivity contribution in [3.8, 4) is 5.75 Å². The third-order valence-electron chi connectivity index (χ3n) is 3.72. The van der Waals surface area contributed by atoms with Crippen LogP contribution in [0.15, 0.2) is 18.2 Å². The molecule has 110 valence electrons. The number of benzene rings is 1. The fourth-order valence-corrected chi connectivity index (χ4v) is 2.58. The third-order valence-corrected chi connectivity index (χ3v) is 4.28. The first-order chi connectivity index (χ1) is 9.67. The lowest BCUT2D eigenvalue weighted by Crippen LogP contribution is -2.45. The van der Waals surface area contributed by atoms with E-state index in [-0.39, 0.29) is 17.5 Å². The van der Waals surface area contributed by atoms with E-state index in [1.807, 2.05) is 4.90 Å². The van der Waals surface area contributed by atoms with Crippen molar-refractivity contribution in [2.75, 3.05) is 19.0 Å². The molecule has 3 nitrogen and oxygen atoms in total. The Hall–Kier alpha value is -1.10. The second kappa shape index (κ2) is 7.07. The Balaban J connectivity index is 2.17. The molecule has 0 unspecified atom stereocenters. The summed E-state index contributed by atoms with van der Waals surface area (Å²) in [5.74, 6) is -0.303. The van der Waals surface area contributed by atoms with E-state index >= 15 is 0 Å². The summed E-state index contributed by atoms with van der Waals surface area (Å²) in [7, 11) is 1.48. The highest BCUT2D eigenvalue weighted by Crippen LogP contribution is 2.27. The maximum absolute atomic E-state index is 14.0. The summed E-state index contributed by atoms with van der Waals surface area (Å²) < 4.78 is 19.0. The van der Waals surface area contributed by atoms with Crippen molar-refractivity contribution in [2.45, 2.75) is 31.7 Å². The van der Waals surface area contributed by atoms with Gasteiger partial charge >= 0.3 is 0 Å². The fraction of sp³-hybridized carbons (Fsp3) is 0.533. The van der Waals surface area contributed by atoms with Gasteiger partial charge in [0, 0.05) is 24.0 Å². The number of halogens is 2. The normalized spacial score (nSPS) is 14.8. The van der Waals surface area contributed by atoms with E-state index < -0.39 is 5.82 Å². The number of amides is 1. The van der Waals surface area contributed by atoms with E-state index in [2.05, 4.69) is 15.9 Å². The summed E-state index contributed by atoms with van der Waals surface area (Å²) in [6.45, 7) is 0.667. The first-order valence-corrected chi connectivity index (χ1v) is 8.00. The topological polar surface area (TPSA) is 29.5 Å². The largest absolute Gasteiger partial charge is 0.497 e. The molecule has 5 heteroatoms. The molecule has 0 aromatic heterocycles. The summed E-state index contributed by atoms with van der Waals surface area (Å²) in [6, 6.07) is 4.66. The Morgan fingerprint density at radius 2 is 2.25 bits per heavy atom. The highest BCUT2D eigenvalue weighted by Gasteiger charge is 2.30. The molecule has 1 aromatic carbocycles. The quantitative estimate of drug-likeness (QED) is 0.738. The summed E-state index contributed by atoms with van der Waals surface area (Å²) in [5, 5.41) is 0.842. The molecule has 1 fully saturated rings. The van der Waals surface area contributed by atoms with Gasteiger partial charge in [-0.3, -0.25) is 4.79 Å². The van der Waals surface area contributed by atoms with Crippen LogP contribution in [-0.2, 0) is 0 Å². The van der Waals surface area contributed by atoms with Gasteiger partial charge in [-0.1, -0.05) is 15.9 Å². The Kier molecular flexibility index (Phi) is 5.40. The highest BCUT2D eigenvalue weighted by molar-refractivity contribution is 9.09. The zero-order valence-electron chi connectivity index (χ0n) is 11.6. The lowest BCUT2D eigenvalue weighted by Gasteiger charge is -2.37.